The number of thiophene rings is 1. The van der Waals surface area contributed by atoms with E-state index in [9.17, 15) is 0 Å². The maximum atomic E-state index is 3.77. The van der Waals surface area contributed by atoms with Crippen LogP contribution in [0.5, 0.6) is 0 Å². The van der Waals surface area contributed by atoms with E-state index in [2.05, 4.69) is 36.4 Å². The van der Waals surface area contributed by atoms with Crippen LogP contribution in [0.15, 0.2) is 35.6 Å². The highest BCUT2D eigenvalue weighted by Crippen LogP contribution is 2.25. The lowest BCUT2D eigenvalue weighted by Crippen LogP contribution is -1.76. The van der Waals surface area contributed by atoms with Crippen LogP contribution in [-0.2, 0) is 0 Å². The Balaban J connectivity index is 2.73. The second kappa shape index (κ2) is 6.06. The van der Waals surface area contributed by atoms with Crippen molar-refractivity contribution >= 4 is 28.7 Å². The Morgan fingerprint density at radius 1 is 1.69 bits per heavy atom. The predicted molar refractivity (Wildman–Crippen MR) is 65.2 cm³/mol. The Kier molecular flexibility index (Phi) is 4.94. The van der Waals surface area contributed by atoms with Crippen molar-refractivity contribution < 1.29 is 0 Å². The van der Waals surface area contributed by atoms with Crippen LogP contribution < -0.4 is 0 Å². The first-order valence-corrected chi connectivity index (χ1v) is 6.26. The first-order chi connectivity index (χ1) is 6.38. The highest BCUT2D eigenvalue weighted by molar-refractivity contribution is 8.02. The molecule has 1 heterocycles. The number of rotatable bonds is 5. The highest BCUT2D eigenvalue weighted by atomic mass is 32.2. The normalized spacial score (nSPS) is 11.6. The summed E-state index contributed by atoms with van der Waals surface area (Å²) in [5.74, 6) is 1.13. The van der Waals surface area contributed by atoms with Crippen molar-refractivity contribution in [2.75, 3.05) is 5.75 Å². The predicted octanol–water partition coefficient (Wildman–Crippen LogP) is 4.42. The average molecular weight is 210 g/mol. The number of hydrogen-bond donors (Lipinski definition) is 0. The molecule has 0 fully saturated rings. The van der Waals surface area contributed by atoms with Gasteiger partial charge in [0.1, 0.15) is 0 Å². The maximum absolute atomic E-state index is 3.77. The van der Waals surface area contributed by atoms with Crippen LogP contribution in [0.25, 0.3) is 5.57 Å². The summed E-state index contributed by atoms with van der Waals surface area (Å²) in [5, 5.41) is 4.36. The van der Waals surface area contributed by atoms with Crippen LogP contribution in [0.3, 0.4) is 0 Å². The molecule has 1 rings (SSSR count). The number of allylic oxidation sites excluding steroid dienone is 2. The largest absolute Gasteiger partial charge is 0.144 e. The molecule has 1 aromatic heterocycles. The zero-order valence-electron chi connectivity index (χ0n) is 7.82. The van der Waals surface area contributed by atoms with Gasteiger partial charge in [0, 0.05) is 4.88 Å². The molecule has 0 aromatic carbocycles. The molecule has 0 radical (unpaired) electrons. The van der Waals surface area contributed by atoms with Crippen molar-refractivity contribution in [3.8, 4) is 0 Å². The highest BCUT2D eigenvalue weighted by Gasteiger charge is 1.99. The molecule has 0 N–H and O–H groups in total. The van der Waals surface area contributed by atoms with E-state index in [4.69, 9.17) is 0 Å². The smallest absolute Gasteiger partial charge is 0.0310 e. The first-order valence-electron chi connectivity index (χ1n) is 4.34. The summed E-state index contributed by atoms with van der Waals surface area (Å²) in [5.41, 5.74) is 1.39. The zero-order chi connectivity index (χ0) is 9.52. The van der Waals surface area contributed by atoms with E-state index < -0.39 is 0 Å². The lowest BCUT2D eigenvalue weighted by atomic mass is 10.2. The summed E-state index contributed by atoms with van der Waals surface area (Å²) < 4.78 is 0. The van der Waals surface area contributed by atoms with Gasteiger partial charge in [-0.2, -0.15) is 0 Å². The summed E-state index contributed by atoms with van der Waals surface area (Å²) in [6.07, 6.45) is 2.93. The molecule has 0 amide bonds. The summed E-state index contributed by atoms with van der Waals surface area (Å²) >= 11 is 3.64. The number of hydrogen-bond acceptors (Lipinski definition) is 2. The number of thioether (sulfide) groups is 1. The Morgan fingerprint density at radius 2 is 2.54 bits per heavy atom. The molecule has 0 nitrogen and oxygen atoms in total. The van der Waals surface area contributed by atoms with Crippen molar-refractivity contribution in [1.82, 2.24) is 0 Å². The Hall–Kier alpha value is -0.470. The molecule has 0 aliphatic rings. The van der Waals surface area contributed by atoms with E-state index in [1.165, 1.54) is 10.5 Å². The third-order valence-electron chi connectivity index (χ3n) is 1.59. The Morgan fingerprint density at radius 3 is 3.08 bits per heavy atom. The van der Waals surface area contributed by atoms with Crippen molar-refractivity contribution in [3.63, 3.8) is 0 Å². The van der Waals surface area contributed by atoms with Gasteiger partial charge in [0.15, 0.2) is 0 Å². The van der Waals surface area contributed by atoms with Crippen LogP contribution in [0.1, 0.15) is 18.2 Å². The lowest BCUT2D eigenvalue weighted by molar-refractivity contribution is 1.44. The third kappa shape index (κ3) is 3.41. The van der Waals surface area contributed by atoms with Crippen LogP contribution in [-0.4, -0.2) is 5.75 Å². The second-order valence-corrected chi connectivity index (χ2v) is 4.66. The zero-order valence-corrected chi connectivity index (χ0v) is 9.46. The monoisotopic (exact) mass is 210 g/mol. The van der Waals surface area contributed by atoms with E-state index in [0.29, 0.717) is 0 Å². The molecule has 0 saturated carbocycles. The fourth-order valence-electron chi connectivity index (χ4n) is 1.01. The molecule has 0 saturated heterocycles. The van der Waals surface area contributed by atoms with E-state index in [1.807, 2.05) is 17.8 Å². The molecule has 0 atom stereocenters. The summed E-state index contributed by atoms with van der Waals surface area (Å²) in [7, 11) is 0. The minimum atomic E-state index is 0.966. The van der Waals surface area contributed by atoms with E-state index in [0.717, 1.165) is 12.2 Å². The minimum absolute atomic E-state index is 0.966. The minimum Gasteiger partial charge on any atom is -0.144 e. The van der Waals surface area contributed by atoms with Gasteiger partial charge < -0.3 is 0 Å². The topological polar surface area (TPSA) is 0 Å². The molecule has 13 heavy (non-hydrogen) atoms. The summed E-state index contributed by atoms with van der Waals surface area (Å²) in [6, 6.07) is 4.25. The van der Waals surface area contributed by atoms with Gasteiger partial charge in [-0.25, -0.2) is 0 Å². The Bertz CT molecular complexity index is 270. The van der Waals surface area contributed by atoms with Gasteiger partial charge in [0.2, 0.25) is 0 Å². The fourth-order valence-corrected chi connectivity index (χ4v) is 2.43. The van der Waals surface area contributed by atoms with Crippen LogP contribution in [0, 0.1) is 0 Å². The van der Waals surface area contributed by atoms with Gasteiger partial charge in [-0.3, -0.25) is 0 Å². The van der Waals surface area contributed by atoms with Crippen LogP contribution in [0.4, 0.5) is 0 Å². The average Bonchev–Trinajstić information content (AvgIpc) is 2.65. The van der Waals surface area contributed by atoms with E-state index >= 15 is 0 Å². The van der Waals surface area contributed by atoms with Gasteiger partial charge in [-0.1, -0.05) is 19.1 Å². The maximum Gasteiger partial charge on any atom is 0.0310 e. The Labute approximate surface area is 88.4 Å². The van der Waals surface area contributed by atoms with Crippen molar-refractivity contribution in [1.29, 1.82) is 0 Å². The van der Waals surface area contributed by atoms with Crippen LogP contribution >= 0.6 is 23.1 Å². The fraction of sp³-hybridized carbons (Fsp3) is 0.273. The molecule has 0 aliphatic heterocycles. The molecule has 0 aliphatic carbocycles. The summed E-state index contributed by atoms with van der Waals surface area (Å²) in [4.78, 5) is 1.36. The molecular weight excluding hydrogens is 196 g/mol. The van der Waals surface area contributed by atoms with Crippen molar-refractivity contribution in [3.05, 3.63) is 40.5 Å². The lowest BCUT2D eigenvalue weighted by Gasteiger charge is -2.00. The van der Waals surface area contributed by atoms with Crippen molar-refractivity contribution in [2.45, 2.75) is 13.3 Å². The SMILES string of the molecule is C=CC/C(=C/SCC)c1cccs1. The summed E-state index contributed by atoms with van der Waals surface area (Å²) in [6.45, 7) is 5.94. The second-order valence-electron chi connectivity index (χ2n) is 2.57. The van der Waals surface area contributed by atoms with Gasteiger partial charge in [0.25, 0.3) is 0 Å². The molecular formula is C11H14S2. The molecule has 1 aromatic rings. The van der Waals surface area contributed by atoms with Gasteiger partial charge in [-0.05, 0) is 34.6 Å². The quantitative estimate of drug-likeness (QED) is 0.648. The van der Waals surface area contributed by atoms with Crippen LogP contribution in [0.2, 0.25) is 0 Å². The van der Waals surface area contributed by atoms with E-state index in [1.54, 1.807) is 11.3 Å². The first kappa shape index (κ1) is 10.6. The molecule has 0 bridgehead atoms. The molecule has 0 unspecified atom stereocenters. The molecule has 0 spiro atoms. The van der Waals surface area contributed by atoms with Crippen molar-refractivity contribution in [2.24, 2.45) is 0 Å². The third-order valence-corrected chi connectivity index (χ3v) is 3.32. The molecule has 2 heteroatoms. The van der Waals surface area contributed by atoms with Gasteiger partial charge in [0.05, 0.1) is 0 Å². The molecule has 70 valence electrons. The van der Waals surface area contributed by atoms with Gasteiger partial charge >= 0.3 is 0 Å². The van der Waals surface area contributed by atoms with E-state index in [-0.39, 0.29) is 0 Å². The van der Waals surface area contributed by atoms with Gasteiger partial charge in [-0.15, -0.1) is 29.7 Å². The standard InChI is InChI=1S/C11H14S2/c1-3-6-10(9-12-4-2)11-7-5-8-13-11/h3,5,7-9H,1,4,6H2,2H3/b10-9-.